The van der Waals surface area contributed by atoms with E-state index < -0.39 is 0 Å². The van der Waals surface area contributed by atoms with E-state index in [0.717, 1.165) is 31.2 Å². The first-order valence-corrected chi connectivity index (χ1v) is 6.67. The molecule has 92 valence electrons. The Hall–Kier alpha value is -1.70. The van der Waals surface area contributed by atoms with Crippen molar-refractivity contribution in [1.29, 1.82) is 0 Å². The second kappa shape index (κ2) is 4.89. The summed E-state index contributed by atoms with van der Waals surface area (Å²) in [6, 6.07) is 10.3. The van der Waals surface area contributed by atoms with Crippen LogP contribution in [0.1, 0.15) is 31.2 Å². The van der Waals surface area contributed by atoms with Crippen molar-refractivity contribution in [2.75, 3.05) is 0 Å². The van der Waals surface area contributed by atoms with Crippen LogP contribution >= 0.6 is 0 Å². The van der Waals surface area contributed by atoms with Gasteiger partial charge in [0, 0.05) is 24.4 Å². The van der Waals surface area contributed by atoms with Crippen LogP contribution in [0.3, 0.4) is 0 Å². The molecule has 3 rings (SSSR count). The molecule has 0 bridgehead atoms. The Balaban J connectivity index is 1.88. The highest BCUT2D eigenvalue weighted by atomic mass is 16.1. The van der Waals surface area contributed by atoms with E-state index in [1.807, 2.05) is 18.3 Å². The van der Waals surface area contributed by atoms with E-state index >= 15 is 0 Å². The predicted octanol–water partition coefficient (Wildman–Crippen LogP) is 3.54. The minimum atomic E-state index is 0.435. The highest BCUT2D eigenvalue weighted by Gasteiger charge is 2.20. The number of pyridine rings is 1. The Morgan fingerprint density at radius 3 is 3.00 bits per heavy atom. The van der Waals surface area contributed by atoms with Crippen LogP contribution in [-0.2, 0) is 11.2 Å². The topological polar surface area (TPSA) is 30.0 Å². The van der Waals surface area contributed by atoms with Crippen LogP contribution < -0.4 is 0 Å². The number of rotatable bonds is 2. The zero-order valence-corrected chi connectivity index (χ0v) is 10.4. The molecule has 1 aromatic carbocycles. The summed E-state index contributed by atoms with van der Waals surface area (Å²) in [5.41, 5.74) is 2.39. The molecule has 0 aliphatic heterocycles. The molecule has 0 amide bonds. The summed E-state index contributed by atoms with van der Waals surface area (Å²) < 4.78 is 0. The van der Waals surface area contributed by atoms with Crippen LogP contribution in [0.4, 0.5) is 0 Å². The monoisotopic (exact) mass is 239 g/mol. The Labute approximate surface area is 107 Å². The second-order valence-electron chi connectivity index (χ2n) is 5.19. The molecule has 1 aromatic heterocycles. The number of carbonyl (C=O) groups excluding carboxylic acids is 1. The van der Waals surface area contributed by atoms with Crippen molar-refractivity contribution >= 4 is 16.7 Å². The lowest BCUT2D eigenvalue weighted by molar-refractivity contribution is -0.121. The first-order chi connectivity index (χ1) is 8.83. The molecule has 1 heterocycles. The Morgan fingerprint density at radius 2 is 2.11 bits per heavy atom. The summed E-state index contributed by atoms with van der Waals surface area (Å²) in [6.45, 7) is 0. The van der Waals surface area contributed by atoms with Crippen molar-refractivity contribution in [3.8, 4) is 0 Å². The average Bonchev–Trinajstić information content (AvgIpc) is 2.39. The number of hydrogen-bond acceptors (Lipinski definition) is 2. The van der Waals surface area contributed by atoms with E-state index in [4.69, 9.17) is 0 Å². The molecule has 1 fully saturated rings. The van der Waals surface area contributed by atoms with Gasteiger partial charge in [-0.2, -0.15) is 0 Å². The third-order valence-corrected chi connectivity index (χ3v) is 3.83. The van der Waals surface area contributed by atoms with Gasteiger partial charge in [0.1, 0.15) is 5.78 Å². The number of aromatic nitrogens is 1. The smallest absolute Gasteiger partial charge is 0.133 e. The van der Waals surface area contributed by atoms with Crippen LogP contribution in [0.5, 0.6) is 0 Å². The van der Waals surface area contributed by atoms with Gasteiger partial charge in [0.2, 0.25) is 0 Å². The van der Waals surface area contributed by atoms with E-state index in [0.29, 0.717) is 11.7 Å². The molecule has 0 N–H and O–H groups in total. The molecule has 0 radical (unpaired) electrons. The minimum absolute atomic E-state index is 0.435. The number of Topliss-reactive ketones (excluding diaryl/α,β-unsaturated/α-hetero) is 1. The lowest BCUT2D eigenvalue weighted by Crippen LogP contribution is -2.17. The predicted molar refractivity (Wildman–Crippen MR) is 72.4 cm³/mol. The van der Waals surface area contributed by atoms with E-state index in [9.17, 15) is 4.79 Å². The quantitative estimate of drug-likeness (QED) is 0.802. The fourth-order valence-corrected chi connectivity index (χ4v) is 2.93. The van der Waals surface area contributed by atoms with Crippen LogP contribution in [0.25, 0.3) is 10.9 Å². The van der Waals surface area contributed by atoms with Crippen LogP contribution in [0.15, 0.2) is 36.5 Å². The molecule has 0 saturated heterocycles. The summed E-state index contributed by atoms with van der Waals surface area (Å²) in [6.07, 6.45) is 6.68. The Kier molecular flexibility index (Phi) is 3.09. The maximum absolute atomic E-state index is 11.5. The molecule has 1 atom stereocenters. The summed E-state index contributed by atoms with van der Waals surface area (Å²) in [4.78, 5) is 15.9. The van der Waals surface area contributed by atoms with Crippen molar-refractivity contribution in [1.82, 2.24) is 4.98 Å². The fraction of sp³-hybridized carbons (Fsp3) is 0.375. The molecular formula is C16H17NO. The van der Waals surface area contributed by atoms with Crippen molar-refractivity contribution in [3.63, 3.8) is 0 Å². The molecule has 1 aliphatic carbocycles. The van der Waals surface area contributed by atoms with Gasteiger partial charge in [-0.25, -0.2) is 0 Å². The zero-order chi connectivity index (χ0) is 12.4. The summed E-state index contributed by atoms with van der Waals surface area (Å²) in [7, 11) is 0. The van der Waals surface area contributed by atoms with Gasteiger partial charge in [-0.3, -0.25) is 9.78 Å². The van der Waals surface area contributed by atoms with Gasteiger partial charge in [-0.15, -0.1) is 0 Å². The second-order valence-corrected chi connectivity index (χ2v) is 5.19. The number of para-hydroxylation sites is 1. The van der Waals surface area contributed by atoms with E-state index in [2.05, 4.69) is 23.2 Å². The maximum atomic E-state index is 11.5. The van der Waals surface area contributed by atoms with E-state index in [1.165, 1.54) is 17.4 Å². The summed E-state index contributed by atoms with van der Waals surface area (Å²) in [5.74, 6) is 0.960. The van der Waals surface area contributed by atoms with Gasteiger partial charge in [-0.1, -0.05) is 18.2 Å². The standard InChI is InChI=1S/C16H17NO/c18-14-5-3-4-12(11-14)10-13-8-9-17-16-7-2-1-6-15(13)16/h1-2,6-9,12H,3-5,10-11H2. The van der Waals surface area contributed by atoms with E-state index in [1.54, 1.807) is 0 Å². The Morgan fingerprint density at radius 1 is 1.22 bits per heavy atom. The van der Waals surface area contributed by atoms with Gasteiger partial charge < -0.3 is 0 Å². The largest absolute Gasteiger partial charge is 0.300 e. The molecule has 2 heteroatoms. The van der Waals surface area contributed by atoms with Crippen molar-refractivity contribution in [2.45, 2.75) is 32.1 Å². The molecular weight excluding hydrogens is 222 g/mol. The zero-order valence-electron chi connectivity index (χ0n) is 10.4. The van der Waals surface area contributed by atoms with Crippen LogP contribution in [0.2, 0.25) is 0 Å². The summed E-state index contributed by atoms with van der Waals surface area (Å²) >= 11 is 0. The van der Waals surface area contributed by atoms with Gasteiger partial charge in [0.05, 0.1) is 5.52 Å². The molecule has 0 spiro atoms. The third-order valence-electron chi connectivity index (χ3n) is 3.83. The van der Waals surface area contributed by atoms with Crippen LogP contribution in [0, 0.1) is 5.92 Å². The van der Waals surface area contributed by atoms with Gasteiger partial charge >= 0.3 is 0 Å². The van der Waals surface area contributed by atoms with Crippen molar-refractivity contribution in [2.24, 2.45) is 5.92 Å². The average molecular weight is 239 g/mol. The molecule has 1 unspecified atom stereocenters. The Bertz CT molecular complexity index is 571. The third kappa shape index (κ3) is 2.28. The number of nitrogens with zero attached hydrogens (tertiary/aromatic N) is 1. The number of carbonyl (C=O) groups is 1. The first-order valence-electron chi connectivity index (χ1n) is 6.67. The molecule has 1 aliphatic rings. The van der Waals surface area contributed by atoms with Gasteiger partial charge in [0.15, 0.2) is 0 Å². The van der Waals surface area contributed by atoms with Gasteiger partial charge in [0.25, 0.3) is 0 Å². The number of hydrogen-bond donors (Lipinski definition) is 0. The maximum Gasteiger partial charge on any atom is 0.133 e. The lowest BCUT2D eigenvalue weighted by Gasteiger charge is -2.21. The molecule has 18 heavy (non-hydrogen) atoms. The number of ketones is 1. The van der Waals surface area contributed by atoms with Crippen molar-refractivity contribution < 1.29 is 4.79 Å². The first kappa shape index (κ1) is 11.4. The normalized spacial score (nSPS) is 20.2. The molecule has 2 nitrogen and oxygen atoms in total. The van der Waals surface area contributed by atoms with Crippen LogP contribution in [-0.4, -0.2) is 10.8 Å². The highest BCUT2D eigenvalue weighted by Crippen LogP contribution is 2.27. The van der Waals surface area contributed by atoms with E-state index in [-0.39, 0.29) is 0 Å². The van der Waals surface area contributed by atoms with Gasteiger partial charge in [-0.05, 0) is 42.9 Å². The number of fused-ring (bicyclic) bond motifs is 1. The summed E-state index contributed by atoms with van der Waals surface area (Å²) in [5, 5.41) is 1.23. The highest BCUT2D eigenvalue weighted by molar-refractivity contribution is 5.82. The number of benzene rings is 1. The lowest BCUT2D eigenvalue weighted by atomic mass is 9.83. The molecule has 2 aromatic rings. The minimum Gasteiger partial charge on any atom is -0.300 e. The van der Waals surface area contributed by atoms with Crippen molar-refractivity contribution in [3.05, 3.63) is 42.1 Å². The molecule has 1 saturated carbocycles. The SMILES string of the molecule is O=C1CCCC(Cc2ccnc3ccccc23)C1. The fourth-order valence-electron chi connectivity index (χ4n) is 2.93.